The predicted molar refractivity (Wildman–Crippen MR) is 83.0 cm³/mol. The van der Waals surface area contributed by atoms with Gasteiger partial charge in [0.1, 0.15) is 12.4 Å². The molecule has 0 saturated heterocycles. The fraction of sp³-hybridized carbons (Fsp3) is 0.0667. The van der Waals surface area contributed by atoms with Crippen LogP contribution in [0.1, 0.15) is 11.1 Å². The van der Waals surface area contributed by atoms with E-state index in [1.54, 1.807) is 0 Å². The van der Waals surface area contributed by atoms with Crippen LogP contribution in [0.4, 0.5) is 0 Å². The standard InChI is InChI=1S/C15H12Br2O/c16-15(17)10-13-7-4-8-14(9-13)18-11-12-5-2-1-3-6-12/h1-10H,11H2. The van der Waals surface area contributed by atoms with Crippen molar-refractivity contribution >= 4 is 37.9 Å². The molecule has 0 N–H and O–H groups in total. The average molecular weight is 368 g/mol. The molecule has 0 unspecified atom stereocenters. The smallest absolute Gasteiger partial charge is 0.120 e. The normalized spacial score (nSPS) is 9.89. The molecule has 0 aliphatic rings. The quantitative estimate of drug-likeness (QED) is 0.707. The summed E-state index contributed by atoms with van der Waals surface area (Å²) in [6.45, 7) is 0.587. The second-order valence-electron chi connectivity index (χ2n) is 3.78. The Morgan fingerprint density at radius 2 is 1.78 bits per heavy atom. The van der Waals surface area contributed by atoms with E-state index >= 15 is 0 Å². The molecule has 0 heterocycles. The Balaban J connectivity index is 2.04. The maximum absolute atomic E-state index is 5.75. The molecule has 0 saturated carbocycles. The van der Waals surface area contributed by atoms with Crippen LogP contribution >= 0.6 is 31.9 Å². The van der Waals surface area contributed by atoms with Crippen molar-refractivity contribution in [2.45, 2.75) is 6.61 Å². The summed E-state index contributed by atoms with van der Waals surface area (Å²) in [5.41, 5.74) is 2.25. The minimum absolute atomic E-state index is 0.587. The van der Waals surface area contributed by atoms with E-state index in [0.717, 1.165) is 14.7 Å². The molecule has 0 spiro atoms. The summed E-state index contributed by atoms with van der Waals surface area (Å²) in [5, 5.41) is 0. The van der Waals surface area contributed by atoms with Crippen molar-refractivity contribution in [1.82, 2.24) is 0 Å². The van der Waals surface area contributed by atoms with E-state index < -0.39 is 0 Å². The van der Waals surface area contributed by atoms with Crippen molar-refractivity contribution in [3.63, 3.8) is 0 Å². The summed E-state index contributed by atoms with van der Waals surface area (Å²) in [5.74, 6) is 0.869. The maximum Gasteiger partial charge on any atom is 0.120 e. The molecule has 0 bridgehead atoms. The third-order valence-electron chi connectivity index (χ3n) is 2.38. The molecule has 1 nitrogen and oxygen atoms in total. The zero-order valence-electron chi connectivity index (χ0n) is 9.64. The van der Waals surface area contributed by atoms with E-state index in [1.165, 1.54) is 5.56 Å². The van der Waals surface area contributed by atoms with Crippen molar-refractivity contribution in [2.75, 3.05) is 0 Å². The van der Waals surface area contributed by atoms with Crippen molar-refractivity contribution < 1.29 is 4.74 Å². The molecule has 0 fully saturated rings. The molecule has 2 aromatic carbocycles. The molecular formula is C15H12Br2O. The van der Waals surface area contributed by atoms with Gasteiger partial charge in [0, 0.05) is 0 Å². The van der Waals surface area contributed by atoms with Gasteiger partial charge >= 0.3 is 0 Å². The predicted octanol–water partition coefficient (Wildman–Crippen LogP) is 5.35. The van der Waals surface area contributed by atoms with Crippen molar-refractivity contribution in [3.8, 4) is 5.75 Å². The Hall–Kier alpha value is -1.06. The summed E-state index contributed by atoms with van der Waals surface area (Å²) in [7, 11) is 0. The summed E-state index contributed by atoms with van der Waals surface area (Å²) in [6, 6.07) is 18.1. The monoisotopic (exact) mass is 366 g/mol. The van der Waals surface area contributed by atoms with Crippen molar-refractivity contribution in [3.05, 3.63) is 69.1 Å². The first kappa shape index (κ1) is 13.4. The summed E-state index contributed by atoms with van der Waals surface area (Å²) in [6.07, 6.45) is 1.98. The average Bonchev–Trinajstić information content (AvgIpc) is 2.37. The van der Waals surface area contributed by atoms with Gasteiger partial charge < -0.3 is 4.74 Å². The van der Waals surface area contributed by atoms with Crippen LogP contribution in [0.5, 0.6) is 5.75 Å². The van der Waals surface area contributed by atoms with Crippen molar-refractivity contribution in [1.29, 1.82) is 0 Å². The minimum atomic E-state index is 0.587. The van der Waals surface area contributed by atoms with Crippen LogP contribution in [0.2, 0.25) is 0 Å². The van der Waals surface area contributed by atoms with Crippen LogP contribution in [0, 0.1) is 0 Å². The SMILES string of the molecule is BrC(Br)=Cc1cccc(OCc2ccccc2)c1. The van der Waals surface area contributed by atoms with E-state index in [1.807, 2.05) is 48.5 Å². The first-order valence-electron chi connectivity index (χ1n) is 5.53. The van der Waals surface area contributed by atoms with Gasteiger partial charge in [0.15, 0.2) is 0 Å². The lowest BCUT2D eigenvalue weighted by Crippen LogP contribution is -1.94. The van der Waals surface area contributed by atoms with Gasteiger partial charge in [-0.25, -0.2) is 0 Å². The van der Waals surface area contributed by atoms with E-state index in [2.05, 4.69) is 44.0 Å². The highest BCUT2D eigenvalue weighted by molar-refractivity contribution is 9.28. The number of halogens is 2. The molecule has 18 heavy (non-hydrogen) atoms. The minimum Gasteiger partial charge on any atom is -0.489 e. The van der Waals surface area contributed by atoms with E-state index in [-0.39, 0.29) is 0 Å². The molecule has 0 aliphatic heterocycles. The Kier molecular flexibility index (Phi) is 5.02. The van der Waals surface area contributed by atoms with E-state index in [0.29, 0.717) is 6.61 Å². The highest BCUT2D eigenvalue weighted by Crippen LogP contribution is 2.21. The highest BCUT2D eigenvalue weighted by Gasteiger charge is 1.97. The van der Waals surface area contributed by atoms with Crippen LogP contribution in [0.25, 0.3) is 6.08 Å². The molecule has 3 heteroatoms. The zero-order chi connectivity index (χ0) is 12.8. The van der Waals surface area contributed by atoms with Crippen LogP contribution < -0.4 is 4.74 Å². The van der Waals surface area contributed by atoms with Gasteiger partial charge in [-0.15, -0.1) is 0 Å². The molecule has 0 amide bonds. The third-order valence-corrected chi connectivity index (χ3v) is 2.84. The van der Waals surface area contributed by atoms with Gasteiger partial charge in [0.05, 0.1) is 3.39 Å². The number of rotatable bonds is 4. The molecule has 2 rings (SSSR count). The Morgan fingerprint density at radius 3 is 2.50 bits per heavy atom. The first-order valence-corrected chi connectivity index (χ1v) is 7.12. The fourth-order valence-electron chi connectivity index (χ4n) is 1.56. The molecule has 0 aliphatic carbocycles. The molecule has 0 aromatic heterocycles. The van der Waals surface area contributed by atoms with Crippen LogP contribution in [0.3, 0.4) is 0 Å². The van der Waals surface area contributed by atoms with E-state index in [9.17, 15) is 0 Å². The lowest BCUT2D eigenvalue weighted by atomic mass is 10.2. The third kappa shape index (κ3) is 4.31. The topological polar surface area (TPSA) is 9.23 Å². The van der Waals surface area contributed by atoms with Crippen LogP contribution in [0.15, 0.2) is 58.0 Å². The number of hydrogen-bond acceptors (Lipinski definition) is 1. The van der Waals surface area contributed by atoms with Gasteiger partial charge in [0.2, 0.25) is 0 Å². The van der Waals surface area contributed by atoms with Crippen molar-refractivity contribution in [2.24, 2.45) is 0 Å². The molecule has 0 atom stereocenters. The second-order valence-corrected chi connectivity index (χ2v) is 6.55. The Labute approximate surface area is 124 Å². The summed E-state index contributed by atoms with van der Waals surface area (Å²) in [4.78, 5) is 0. The summed E-state index contributed by atoms with van der Waals surface area (Å²) >= 11 is 6.70. The van der Waals surface area contributed by atoms with Crippen LogP contribution in [-0.4, -0.2) is 0 Å². The second kappa shape index (κ2) is 6.76. The van der Waals surface area contributed by atoms with Gasteiger partial charge in [-0.05, 0) is 61.2 Å². The number of ether oxygens (including phenoxy) is 1. The van der Waals surface area contributed by atoms with Gasteiger partial charge in [-0.2, -0.15) is 0 Å². The molecule has 0 radical (unpaired) electrons. The summed E-state index contributed by atoms with van der Waals surface area (Å²) < 4.78 is 6.67. The highest BCUT2D eigenvalue weighted by atomic mass is 79.9. The lowest BCUT2D eigenvalue weighted by Gasteiger charge is -2.06. The van der Waals surface area contributed by atoms with Gasteiger partial charge in [-0.1, -0.05) is 42.5 Å². The fourth-order valence-corrected chi connectivity index (χ4v) is 2.09. The Bertz CT molecular complexity index is 531. The first-order chi connectivity index (χ1) is 8.74. The largest absolute Gasteiger partial charge is 0.489 e. The molecule has 92 valence electrons. The Morgan fingerprint density at radius 1 is 1.00 bits per heavy atom. The number of benzene rings is 2. The number of hydrogen-bond donors (Lipinski definition) is 0. The maximum atomic E-state index is 5.75. The van der Waals surface area contributed by atoms with Gasteiger partial charge in [0.25, 0.3) is 0 Å². The molecular weight excluding hydrogens is 356 g/mol. The molecule has 2 aromatic rings. The van der Waals surface area contributed by atoms with Gasteiger partial charge in [-0.3, -0.25) is 0 Å². The van der Waals surface area contributed by atoms with E-state index in [4.69, 9.17) is 4.74 Å². The zero-order valence-corrected chi connectivity index (χ0v) is 12.8. The van der Waals surface area contributed by atoms with Crippen LogP contribution in [-0.2, 0) is 6.61 Å². The lowest BCUT2D eigenvalue weighted by molar-refractivity contribution is 0.306.